The number of nitrogens with one attached hydrogen (secondary N) is 1. The van der Waals surface area contributed by atoms with Crippen LogP contribution in [-0.2, 0) is 30.5 Å². The third-order valence-electron chi connectivity index (χ3n) is 8.05. The molecule has 1 unspecified atom stereocenters. The number of benzene rings is 2. The summed E-state index contributed by atoms with van der Waals surface area (Å²) in [4.78, 5) is 64.5. The number of hydrogen-bond donors (Lipinski definition) is 3. The van der Waals surface area contributed by atoms with Crippen molar-refractivity contribution in [3.63, 3.8) is 0 Å². The molecule has 4 rings (SSSR count). The van der Waals surface area contributed by atoms with E-state index < -0.39 is 59.4 Å². The highest BCUT2D eigenvalue weighted by Crippen LogP contribution is 2.41. The van der Waals surface area contributed by atoms with Crippen LogP contribution in [0.25, 0.3) is 11.1 Å². The standard InChI is InChI=1S/C36H41F2N5O6S/c1-36(2,3)34(29-16-24(26-17-25(37)10-11-27(26)38)19-41(29)18-23-8-5-4-6-9-23)42(15-7-14-39)33(47)22-50-21-28(35(48)49)40-30(44)20-43-31(45)12-13-32(43)46/h4-6,8-13,16-17,19,28,34H,7,14-15,18,20-22,39H2,1-3H3,(H,40,44)(H,48,49)/t28?,34-/m0/s1. The van der Waals surface area contributed by atoms with Gasteiger partial charge < -0.3 is 25.6 Å². The number of rotatable bonds is 16. The Morgan fingerprint density at radius 3 is 2.32 bits per heavy atom. The monoisotopic (exact) mass is 709 g/mol. The summed E-state index contributed by atoms with van der Waals surface area (Å²) in [5, 5.41) is 12.1. The average molecular weight is 710 g/mol. The van der Waals surface area contributed by atoms with Crippen LogP contribution < -0.4 is 11.1 Å². The topological polar surface area (TPSA) is 155 Å². The van der Waals surface area contributed by atoms with Gasteiger partial charge in [0.1, 0.15) is 24.2 Å². The van der Waals surface area contributed by atoms with Gasteiger partial charge in [-0.1, -0.05) is 51.1 Å². The fourth-order valence-electron chi connectivity index (χ4n) is 5.76. The number of aliphatic carboxylic acids is 1. The van der Waals surface area contributed by atoms with Crippen LogP contribution in [0.2, 0.25) is 0 Å². The summed E-state index contributed by atoms with van der Waals surface area (Å²) in [6.07, 6.45) is 4.25. The van der Waals surface area contributed by atoms with Gasteiger partial charge in [0, 0.05) is 54.0 Å². The van der Waals surface area contributed by atoms with Gasteiger partial charge in [0.15, 0.2) is 0 Å². The van der Waals surface area contributed by atoms with Gasteiger partial charge in [0.25, 0.3) is 11.8 Å². The van der Waals surface area contributed by atoms with E-state index in [1.165, 1.54) is 0 Å². The lowest BCUT2D eigenvalue weighted by Crippen LogP contribution is -2.48. The second-order valence-electron chi connectivity index (χ2n) is 13.0. The number of nitrogens with zero attached hydrogens (tertiary/aromatic N) is 3. The summed E-state index contributed by atoms with van der Waals surface area (Å²) in [5.41, 5.74) is 7.47. The molecule has 0 bridgehead atoms. The predicted molar refractivity (Wildman–Crippen MR) is 186 cm³/mol. The van der Waals surface area contributed by atoms with Crippen molar-refractivity contribution < 1.29 is 37.9 Å². The fraction of sp³-hybridized carbons (Fsp3) is 0.361. The lowest BCUT2D eigenvalue weighted by Gasteiger charge is -2.41. The number of aromatic nitrogens is 1. The molecule has 14 heteroatoms. The van der Waals surface area contributed by atoms with E-state index in [0.29, 0.717) is 35.7 Å². The Morgan fingerprint density at radius 2 is 1.70 bits per heavy atom. The third-order valence-corrected chi connectivity index (χ3v) is 9.07. The summed E-state index contributed by atoms with van der Waals surface area (Å²) < 4.78 is 31.3. The number of nitrogens with two attached hydrogens (primary N) is 1. The van der Waals surface area contributed by atoms with Crippen LogP contribution in [0.4, 0.5) is 8.78 Å². The van der Waals surface area contributed by atoms with E-state index in [0.717, 1.165) is 47.7 Å². The zero-order valence-electron chi connectivity index (χ0n) is 28.1. The first-order valence-electron chi connectivity index (χ1n) is 16.0. The number of carboxylic acids is 1. The molecule has 0 radical (unpaired) electrons. The van der Waals surface area contributed by atoms with Crippen molar-refractivity contribution in [1.29, 1.82) is 0 Å². The molecule has 0 fully saturated rings. The number of thioether (sulfide) groups is 1. The minimum atomic E-state index is -1.40. The molecule has 1 aliphatic rings. The number of halogens is 2. The number of amides is 4. The minimum absolute atomic E-state index is 0.0811. The number of carbonyl (C=O) groups excluding carboxylic acids is 4. The van der Waals surface area contributed by atoms with E-state index in [9.17, 15) is 33.5 Å². The molecule has 11 nitrogen and oxygen atoms in total. The largest absolute Gasteiger partial charge is 0.480 e. The molecule has 266 valence electrons. The van der Waals surface area contributed by atoms with E-state index in [1.807, 2.05) is 55.7 Å². The molecular formula is C36H41F2N5O6S. The van der Waals surface area contributed by atoms with Crippen molar-refractivity contribution in [3.05, 3.63) is 95.8 Å². The second kappa shape index (κ2) is 16.7. The molecule has 4 N–H and O–H groups in total. The maximum Gasteiger partial charge on any atom is 0.327 e. The van der Waals surface area contributed by atoms with Crippen LogP contribution in [0, 0.1) is 17.0 Å². The summed E-state index contributed by atoms with van der Waals surface area (Å²) in [6, 6.07) is 12.6. The normalized spacial score (nSPS) is 14.2. The maximum absolute atomic E-state index is 15.0. The first-order chi connectivity index (χ1) is 23.7. The molecule has 0 spiro atoms. The van der Waals surface area contributed by atoms with Gasteiger partial charge in [-0.15, -0.1) is 11.8 Å². The van der Waals surface area contributed by atoms with Gasteiger partial charge in [-0.05, 0) is 48.2 Å². The zero-order chi connectivity index (χ0) is 36.6. The van der Waals surface area contributed by atoms with Crippen LogP contribution in [-0.4, -0.2) is 86.3 Å². The smallest absolute Gasteiger partial charge is 0.327 e. The number of carbonyl (C=O) groups is 5. The second-order valence-corrected chi connectivity index (χ2v) is 14.0. The predicted octanol–water partition coefficient (Wildman–Crippen LogP) is 3.97. The Labute approximate surface area is 293 Å². The summed E-state index contributed by atoms with van der Waals surface area (Å²) in [6.45, 7) is 6.22. The molecule has 0 saturated carbocycles. The van der Waals surface area contributed by atoms with Gasteiger partial charge in [-0.2, -0.15) is 0 Å². The minimum Gasteiger partial charge on any atom is -0.480 e. The molecule has 1 aliphatic heterocycles. The van der Waals surface area contributed by atoms with Crippen LogP contribution >= 0.6 is 11.8 Å². The summed E-state index contributed by atoms with van der Waals surface area (Å²) in [5.74, 6) is -5.35. The zero-order valence-corrected chi connectivity index (χ0v) is 28.9. The molecule has 0 saturated heterocycles. The fourth-order valence-corrected chi connectivity index (χ4v) is 6.68. The van der Waals surface area contributed by atoms with Crippen molar-refractivity contribution in [1.82, 2.24) is 19.7 Å². The summed E-state index contributed by atoms with van der Waals surface area (Å²) in [7, 11) is 0. The Balaban J connectivity index is 1.60. The highest BCUT2D eigenvalue weighted by atomic mass is 32.2. The van der Waals surface area contributed by atoms with E-state index in [4.69, 9.17) is 5.73 Å². The Kier molecular flexibility index (Phi) is 12.7. The number of carboxylic acid groups (broad SMARTS) is 1. The quantitative estimate of drug-likeness (QED) is 0.189. The molecule has 4 amide bonds. The number of imide groups is 1. The van der Waals surface area contributed by atoms with Crippen molar-refractivity contribution in [3.8, 4) is 11.1 Å². The van der Waals surface area contributed by atoms with Crippen LogP contribution in [0.1, 0.15) is 44.5 Å². The lowest BCUT2D eigenvalue weighted by molar-refractivity contribution is -0.143. The van der Waals surface area contributed by atoms with Crippen molar-refractivity contribution >= 4 is 41.4 Å². The molecule has 0 aliphatic carbocycles. The van der Waals surface area contributed by atoms with Gasteiger partial charge in [-0.3, -0.25) is 24.1 Å². The third kappa shape index (κ3) is 9.66. The van der Waals surface area contributed by atoms with E-state index in [2.05, 4.69) is 5.32 Å². The molecule has 3 aromatic rings. The molecule has 1 aromatic heterocycles. The van der Waals surface area contributed by atoms with Crippen LogP contribution in [0.5, 0.6) is 0 Å². The Bertz CT molecular complexity index is 1740. The van der Waals surface area contributed by atoms with Gasteiger partial charge in [0.05, 0.1) is 11.8 Å². The molecule has 2 aromatic carbocycles. The van der Waals surface area contributed by atoms with E-state index >= 15 is 4.39 Å². The molecular weight excluding hydrogens is 668 g/mol. The van der Waals surface area contributed by atoms with E-state index in [-0.39, 0.29) is 29.5 Å². The summed E-state index contributed by atoms with van der Waals surface area (Å²) >= 11 is 1.01. The number of hydrogen-bond acceptors (Lipinski definition) is 7. The van der Waals surface area contributed by atoms with Crippen molar-refractivity contribution in [2.24, 2.45) is 11.1 Å². The first kappa shape index (κ1) is 38.0. The first-order valence-corrected chi connectivity index (χ1v) is 17.2. The Morgan fingerprint density at radius 1 is 1.02 bits per heavy atom. The van der Waals surface area contributed by atoms with Gasteiger partial charge in [0.2, 0.25) is 11.8 Å². The molecule has 2 heterocycles. The average Bonchev–Trinajstić information content (AvgIpc) is 3.60. The molecule has 2 atom stereocenters. The van der Waals surface area contributed by atoms with Crippen LogP contribution in [0.15, 0.2) is 72.9 Å². The maximum atomic E-state index is 15.0. The van der Waals surface area contributed by atoms with Gasteiger partial charge >= 0.3 is 5.97 Å². The van der Waals surface area contributed by atoms with E-state index in [1.54, 1.807) is 17.2 Å². The van der Waals surface area contributed by atoms with Gasteiger partial charge in [-0.25, -0.2) is 13.6 Å². The highest BCUT2D eigenvalue weighted by molar-refractivity contribution is 8.00. The lowest BCUT2D eigenvalue weighted by atomic mass is 9.83. The SMILES string of the molecule is CC(C)(C)[C@H](c1cc(-c2cc(F)ccc2F)cn1Cc1ccccc1)N(CCCN)C(=O)CSCC(NC(=O)CN1C(=O)C=CC1=O)C(=O)O. The van der Waals surface area contributed by atoms with Crippen molar-refractivity contribution in [2.75, 3.05) is 31.1 Å². The Hall–Kier alpha value is -4.82. The highest BCUT2D eigenvalue weighted by Gasteiger charge is 2.37. The van der Waals surface area contributed by atoms with Crippen LogP contribution in [0.3, 0.4) is 0 Å². The van der Waals surface area contributed by atoms with Crippen molar-refractivity contribution in [2.45, 2.75) is 45.8 Å². The molecule has 50 heavy (non-hydrogen) atoms.